The van der Waals surface area contributed by atoms with Crippen LogP contribution in [0.1, 0.15) is 54.4 Å². The van der Waals surface area contributed by atoms with Crippen LogP contribution in [-0.2, 0) is 19.7 Å². The third-order valence-electron chi connectivity index (χ3n) is 11.0. The van der Waals surface area contributed by atoms with E-state index in [-0.39, 0.29) is 24.9 Å². The quantitative estimate of drug-likeness (QED) is 0.179. The van der Waals surface area contributed by atoms with Crippen molar-refractivity contribution in [2.45, 2.75) is 98.6 Å². The minimum Gasteiger partial charge on any atom is -0.396 e. The summed E-state index contributed by atoms with van der Waals surface area (Å²) in [5.41, 5.74) is 4.99. The zero-order chi connectivity index (χ0) is 35.3. The Bertz CT molecular complexity index is 1730. The fourth-order valence-corrected chi connectivity index (χ4v) is 7.85. The summed E-state index contributed by atoms with van der Waals surface area (Å²) in [7, 11) is 0. The lowest BCUT2D eigenvalue weighted by atomic mass is 9.70. The predicted molar refractivity (Wildman–Crippen MR) is 177 cm³/mol. The third-order valence-corrected chi connectivity index (χ3v) is 11.0. The molecule has 12 nitrogen and oxygen atoms in total. The summed E-state index contributed by atoms with van der Waals surface area (Å²) >= 11 is 0. The number of fused-ring (bicyclic) bond motifs is 5. The number of amides is 1. The van der Waals surface area contributed by atoms with Gasteiger partial charge in [0.25, 0.3) is 0 Å². The second-order valence-electron chi connectivity index (χ2n) is 14.1. The van der Waals surface area contributed by atoms with Crippen molar-refractivity contribution in [3.05, 3.63) is 58.7 Å². The maximum atomic E-state index is 13.0. The van der Waals surface area contributed by atoms with Crippen molar-refractivity contribution in [2.24, 2.45) is 5.92 Å². The average Bonchev–Trinajstić information content (AvgIpc) is 3.96. The molecule has 3 heterocycles. The zero-order valence-electron chi connectivity index (χ0n) is 27.4. The number of hydrogen-bond donors (Lipinski definition) is 8. The molecule has 3 saturated heterocycles. The molecule has 5 aliphatic rings. The van der Waals surface area contributed by atoms with E-state index < -0.39 is 73.1 Å². The Labute approximate surface area is 289 Å². The van der Waals surface area contributed by atoms with Crippen molar-refractivity contribution in [3.63, 3.8) is 0 Å². The van der Waals surface area contributed by atoms with Crippen molar-refractivity contribution in [1.29, 1.82) is 0 Å². The molecule has 12 heteroatoms. The molecule has 10 atom stereocenters. The molecule has 2 aromatic carbocycles. The second-order valence-corrected chi connectivity index (χ2v) is 14.1. The van der Waals surface area contributed by atoms with Gasteiger partial charge < -0.3 is 55.2 Å². The van der Waals surface area contributed by atoms with Crippen LogP contribution in [0.3, 0.4) is 0 Å². The number of carbonyl (C=O) groups excluding carboxylic acids is 1. The van der Waals surface area contributed by atoms with Gasteiger partial charge in [-0.25, -0.2) is 0 Å². The van der Waals surface area contributed by atoms with Gasteiger partial charge in [-0.05, 0) is 78.6 Å². The van der Waals surface area contributed by atoms with Crippen molar-refractivity contribution in [1.82, 2.24) is 4.90 Å². The van der Waals surface area contributed by atoms with Crippen LogP contribution in [0.2, 0.25) is 0 Å². The van der Waals surface area contributed by atoms with Gasteiger partial charge in [0.2, 0.25) is 5.91 Å². The maximum absolute atomic E-state index is 13.0. The van der Waals surface area contributed by atoms with E-state index in [1.807, 2.05) is 41.3 Å². The van der Waals surface area contributed by atoms with Gasteiger partial charge in [-0.2, -0.15) is 0 Å². The SMILES string of the molecule is O=C(C1CC1)N1CCC2(CC1)c1cc(C#C[C@H]3O[C@H](CO)[C@@H](O)[C@H](O)[C@@H]3O)ccc1-c1ccc(C#C[C@H]3O[C@H](CCO)[C@@H](O)[C@H](O)[C@@H]3O)cc12. The van der Waals surface area contributed by atoms with Crippen molar-refractivity contribution in [2.75, 3.05) is 26.3 Å². The number of benzene rings is 2. The zero-order valence-corrected chi connectivity index (χ0v) is 27.4. The normalized spacial score (nSPS) is 34.2. The molecule has 2 aromatic rings. The maximum Gasteiger partial charge on any atom is 0.225 e. The van der Waals surface area contributed by atoms with Gasteiger partial charge in [-0.15, -0.1) is 0 Å². The topological polar surface area (TPSA) is 201 Å². The number of piperidine rings is 1. The van der Waals surface area contributed by atoms with Gasteiger partial charge in [-0.1, -0.05) is 35.8 Å². The molecule has 266 valence electrons. The van der Waals surface area contributed by atoms with Crippen LogP contribution >= 0.6 is 0 Å². The highest BCUT2D eigenvalue weighted by molar-refractivity contribution is 5.84. The molecule has 0 radical (unpaired) electrons. The van der Waals surface area contributed by atoms with Crippen LogP contribution in [0, 0.1) is 29.6 Å². The van der Waals surface area contributed by atoms with Gasteiger partial charge in [0.05, 0.1) is 12.7 Å². The van der Waals surface area contributed by atoms with E-state index in [1.165, 1.54) is 0 Å². The first kappa shape index (κ1) is 35.1. The van der Waals surface area contributed by atoms with Gasteiger partial charge in [0.15, 0.2) is 0 Å². The third kappa shape index (κ3) is 6.25. The highest BCUT2D eigenvalue weighted by Gasteiger charge is 2.48. The van der Waals surface area contributed by atoms with E-state index in [0.717, 1.165) is 35.1 Å². The number of aliphatic hydroxyl groups excluding tert-OH is 8. The van der Waals surface area contributed by atoms with E-state index in [1.54, 1.807) is 0 Å². The smallest absolute Gasteiger partial charge is 0.225 e. The van der Waals surface area contributed by atoms with Gasteiger partial charge in [0.1, 0.15) is 54.9 Å². The van der Waals surface area contributed by atoms with E-state index in [4.69, 9.17) is 9.47 Å². The molecule has 3 aliphatic heterocycles. The minimum absolute atomic E-state index is 0.0813. The van der Waals surface area contributed by atoms with Crippen LogP contribution < -0.4 is 0 Å². The lowest BCUT2D eigenvalue weighted by molar-refractivity contribution is -0.214. The molecule has 1 amide bonds. The molecule has 0 aromatic heterocycles. The van der Waals surface area contributed by atoms with Crippen LogP contribution in [0.4, 0.5) is 0 Å². The van der Waals surface area contributed by atoms with E-state index in [9.17, 15) is 45.6 Å². The van der Waals surface area contributed by atoms with E-state index in [2.05, 4.69) is 23.7 Å². The summed E-state index contributed by atoms with van der Waals surface area (Å²) in [5, 5.41) is 81.0. The van der Waals surface area contributed by atoms with Crippen molar-refractivity contribution in [3.8, 4) is 34.8 Å². The van der Waals surface area contributed by atoms with E-state index in [0.29, 0.717) is 37.1 Å². The van der Waals surface area contributed by atoms with E-state index >= 15 is 0 Å². The Morgan fingerprint density at radius 1 is 0.720 bits per heavy atom. The first-order valence-corrected chi connectivity index (χ1v) is 17.3. The lowest BCUT2D eigenvalue weighted by Gasteiger charge is -2.41. The number of aliphatic hydroxyl groups is 8. The summed E-state index contributed by atoms with van der Waals surface area (Å²) in [6.45, 7) is 0.362. The largest absolute Gasteiger partial charge is 0.396 e. The molecular formula is C38H43NO11. The van der Waals surface area contributed by atoms with Crippen molar-refractivity contribution < 1.29 is 55.1 Å². The Morgan fingerprint density at radius 3 is 1.70 bits per heavy atom. The molecule has 1 saturated carbocycles. The van der Waals surface area contributed by atoms with Gasteiger partial charge >= 0.3 is 0 Å². The predicted octanol–water partition coefficient (Wildman–Crippen LogP) is -1.24. The summed E-state index contributed by atoms with van der Waals surface area (Å²) in [5.74, 6) is 12.3. The Kier molecular flexibility index (Phi) is 9.80. The highest BCUT2D eigenvalue weighted by Crippen LogP contribution is 2.54. The Hall–Kier alpha value is -3.37. The monoisotopic (exact) mass is 689 g/mol. The summed E-state index contributed by atoms with van der Waals surface area (Å²) in [6.07, 6.45) is -9.57. The molecule has 2 aliphatic carbocycles. The van der Waals surface area contributed by atoms with Crippen LogP contribution in [0.5, 0.6) is 0 Å². The second kappa shape index (κ2) is 14.0. The van der Waals surface area contributed by atoms with Crippen molar-refractivity contribution >= 4 is 5.91 Å². The van der Waals surface area contributed by atoms with Crippen LogP contribution in [0.15, 0.2) is 36.4 Å². The van der Waals surface area contributed by atoms with Gasteiger partial charge in [0, 0.05) is 42.2 Å². The number of carbonyl (C=O) groups is 1. The molecular weight excluding hydrogens is 646 g/mol. The average molecular weight is 690 g/mol. The number of nitrogens with zero attached hydrogens (tertiary/aromatic N) is 1. The molecule has 8 N–H and O–H groups in total. The van der Waals surface area contributed by atoms with Crippen LogP contribution in [0.25, 0.3) is 11.1 Å². The number of rotatable bonds is 4. The number of hydrogen-bond acceptors (Lipinski definition) is 11. The lowest BCUT2D eigenvalue weighted by Crippen LogP contribution is -2.58. The molecule has 1 spiro atoms. The first-order valence-electron chi connectivity index (χ1n) is 17.3. The fourth-order valence-electron chi connectivity index (χ4n) is 7.85. The minimum atomic E-state index is -1.52. The van der Waals surface area contributed by atoms with Gasteiger partial charge in [-0.3, -0.25) is 4.79 Å². The standard InChI is InChI=1S/C38H43NO11/c40-16-11-29-33(44)35(46)31(42)27(49-29)9-3-20-1-7-23-24-8-2-21(4-10-28-32(43)36(47)34(45)30(19-41)50-28)18-26(24)38(25(23)17-20)12-14-39(15-13-38)37(48)22-5-6-22/h1-2,7-8,17-18,22,27-36,40-47H,5-6,11-16,19H2/t27-,28-,29-,30-,31-,32-,33-,34-,35-,36-/m1/s1. The molecule has 0 bridgehead atoms. The highest BCUT2D eigenvalue weighted by atomic mass is 16.5. The summed E-state index contributed by atoms with van der Waals surface area (Å²) < 4.78 is 11.3. The molecule has 7 rings (SSSR count). The molecule has 4 fully saturated rings. The Balaban J connectivity index is 1.21. The fraction of sp³-hybridized carbons (Fsp3) is 0.553. The summed E-state index contributed by atoms with van der Waals surface area (Å²) in [6, 6.07) is 11.8. The number of ether oxygens (including phenoxy) is 2. The first-order chi connectivity index (χ1) is 24.1. The van der Waals surface area contributed by atoms with Crippen LogP contribution in [-0.4, -0.2) is 139 Å². The molecule has 0 unspecified atom stereocenters. The summed E-state index contributed by atoms with van der Waals surface area (Å²) in [4.78, 5) is 15.0. The Morgan fingerprint density at radius 2 is 1.22 bits per heavy atom. The molecule has 50 heavy (non-hydrogen) atoms. The number of likely N-dealkylation sites (tertiary alicyclic amines) is 1.